The summed E-state index contributed by atoms with van der Waals surface area (Å²) < 4.78 is 10.8. The summed E-state index contributed by atoms with van der Waals surface area (Å²) in [6, 6.07) is 16.9. The van der Waals surface area contributed by atoms with Gasteiger partial charge >= 0.3 is 5.97 Å². The monoisotopic (exact) mass is 270 g/mol. The van der Waals surface area contributed by atoms with Crippen molar-refractivity contribution in [2.24, 2.45) is 0 Å². The Bertz CT molecular complexity index is 561. The minimum atomic E-state index is -0.329. The maximum absolute atomic E-state index is 11.8. The molecule has 3 nitrogen and oxygen atoms in total. The van der Waals surface area contributed by atoms with E-state index in [0.29, 0.717) is 17.9 Å². The summed E-state index contributed by atoms with van der Waals surface area (Å²) >= 11 is 0. The highest BCUT2D eigenvalue weighted by Crippen LogP contribution is 2.16. The van der Waals surface area contributed by atoms with Gasteiger partial charge in [0.15, 0.2) is 0 Å². The summed E-state index contributed by atoms with van der Waals surface area (Å²) in [5.41, 5.74) is 1.59. The molecule has 0 spiro atoms. The second-order valence-corrected chi connectivity index (χ2v) is 4.76. The zero-order valence-corrected chi connectivity index (χ0v) is 11.7. The molecule has 0 fully saturated rings. The van der Waals surface area contributed by atoms with Crippen LogP contribution in [-0.4, -0.2) is 12.1 Å². The maximum Gasteiger partial charge on any atom is 0.338 e. The smallest absolute Gasteiger partial charge is 0.338 e. The first-order chi connectivity index (χ1) is 9.65. The molecule has 2 aromatic rings. The first-order valence-electron chi connectivity index (χ1n) is 6.63. The van der Waals surface area contributed by atoms with E-state index in [0.717, 1.165) is 5.56 Å². The fourth-order valence-electron chi connectivity index (χ4n) is 1.74. The van der Waals surface area contributed by atoms with Crippen LogP contribution in [0.3, 0.4) is 0 Å². The summed E-state index contributed by atoms with van der Waals surface area (Å²) in [6.45, 7) is 4.13. The van der Waals surface area contributed by atoms with Crippen LogP contribution in [0.2, 0.25) is 0 Å². The Morgan fingerprint density at radius 3 is 2.50 bits per heavy atom. The zero-order valence-electron chi connectivity index (χ0n) is 11.7. The van der Waals surface area contributed by atoms with Gasteiger partial charge in [0, 0.05) is 0 Å². The van der Waals surface area contributed by atoms with Crippen LogP contribution >= 0.6 is 0 Å². The van der Waals surface area contributed by atoms with Crippen LogP contribution in [0.1, 0.15) is 29.8 Å². The van der Waals surface area contributed by atoms with Crippen molar-refractivity contribution < 1.29 is 14.3 Å². The number of hydrogen-bond donors (Lipinski definition) is 0. The number of rotatable bonds is 5. The van der Waals surface area contributed by atoms with Gasteiger partial charge in [-0.3, -0.25) is 0 Å². The first-order valence-corrected chi connectivity index (χ1v) is 6.63. The molecular formula is C17H18O3. The van der Waals surface area contributed by atoms with Crippen molar-refractivity contribution in [2.75, 3.05) is 0 Å². The van der Waals surface area contributed by atoms with Gasteiger partial charge in [-0.15, -0.1) is 0 Å². The van der Waals surface area contributed by atoms with E-state index in [1.54, 1.807) is 18.2 Å². The lowest BCUT2D eigenvalue weighted by Crippen LogP contribution is -2.11. The third kappa shape index (κ3) is 4.12. The van der Waals surface area contributed by atoms with Crippen LogP contribution in [-0.2, 0) is 11.3 Å². The fraction of sp³-hybridized carbons (Fsp3) is 0.235. The molecule has 3 heteroatoms. The lowest BCUT2D eigenvalue weighted by atomic mass is 10.2. The molecule has 0 aliphatic carbocycles. The Morgan fingerprint density at radius 1 is 1.05 bits per heavy atom. The van der Waals surface area contributed by atoms with Crippen molar-refractivity contribution in [1.29, 1.82) is 0 Å². The summed E-state index contributed by atoms with van der Waals surface area (Å²) in [4.78, 5) is 11.8. The summed E-state index contributed by atoms with van der Waals surface area (Å²) in [6.07, 6.45) is -0.128. The molecule has 20 heavy (non-hydrogen) atoms. The summed E-state index contributed by atoms with van der Waals surface area (Å²) in [7, 11) is 0. The van der Waals surface area contributed by atoms with E-state index in [1.807, 2.05) is 50.2 Å². The first kappa shape index (κ1) is 14.1. The van der Waals surface area contributed by atoms with Crippen LogP contribution in [0.5, 0.6) is 5.75 Å². The second kappa shape index (κ2) is 6.75. The van der Waals surface area contributed by atoms with Gasteiger partial charge in [-0.25, -0.2) is 4.79 Å². The van der Waals surface area contributed by atoms with Crippen molar-refractivity contribution in [1.82, 2.24) is 0 Å². The van der Waals surface area contributed by atoms with Crippen molar-refractivity contribution in [2.45, 2.75) is 26.6 Å². The van der Waals surface area contributed by atoms with Crippen LogP contribution < -0.4 is 4.74 Å². The standard InChI is InChI=1S/C17H18O3/c1-13(2)20-17(18)15-9-6-10-16(11-15)19-12-14-7-4-3-5-8-14/h3-11,13H,12H2,1-2H3. The van der Waals surface area contributed by atoms with Crippen molar-refractivity contribution in [3.63, 3.8) is 0 Å². The predicted octanol–water partition coefficient (Wildman–Crippen LogP) is 3.83. The van der Waals surface area contributed by atoms with Crippen LogP contribution in [0.4, 0.5) is 0 Å². The topological polar surface area (TPSA) is 35.5 Å². The molecule has 0 unspecified atom stereocenters. The highest BCUT2D eigenvalue weighted by atomic mass is 16.5. The van der Waals surface area contributed by atoms with Gasteiger partial charge in [0.25, 0.3) is 0 Å². The number of carbonyl (C=O) groups is 1. The molecule has 2 rings (SSSR count). The minimum absolute atomic E-state index is 0.128. The van der Waals surface area contributed by atoms with Gasteiger partial charge in [-0.1, -0.05) is 36.4 Å². The van der Waals surface area contributed by atoms with E-state index in [1.165, 1.54) is 0 Å². The Kier molecular flexibility index (Phi) is 4.77. The van der Waals surface area contributed by atoms with Crippen molar-refractivity contribution >= 4 is 5.97 Å². The summed E-state index contributed by atoms with van der Waals surface area (Å²) in [5, 5.41) is 0. The molecule has 0 heterocycles. The van der Waals surface area contributed by atoms with E-state index in [2.05, 4.69) is 0 Å². The van der Waals surface area contributed by atoms with E-state index >= 15 is 0 Å². The van der Waals surface area contributed by atoms with Gasteiger partial charge in [0.05, 0.1) is 11.7 Å². The zero-order chi connectivity index (χ0) is 14.4. The number of hydrogen-bond acceptors (Lipinski definition) is 3. The predicted molar refractivity (Wildman–Crippen MR) is 77.8 cm³/mol. The van der Waals surface area contributed by atoms with Gasteiger partial charge in [-0.2, -0.15) is 0 Å². The number of carbonyl (C=O) groups excluding carboxylic acids is 1. The molecule has 0 aliphatic heterocycles. The second-order valence-electron chi connectivity index (χ2n) is 4.76. The van der Waals surface area contributed by atoms with Crippen molar-refractivity contribution in [3.8, 4) is 5.75 Å². The van der Waals surface area contributed by atoms with Crippen molar-refractivity contribution in [3.05, 3.63) is 65.7 Å². The molecule has 0 saturated heterocycles. The highest BCUT2D eigenvalue weighted by Gasteiger charge is 2.09. The Labute approximate surface area is 119 Å². The van der Waals surface area contributed by atoms with Gasteiger partial charge < -0.3 is 9.47 Å². The maximum atomic E-state index is 11.8. The third-order valence-corrected chi connectivity index (χ3v) is 2.66. The lowest BCUT2D eigenvalue weighted by Gasteiger charge is -2.10. The molecule has 0 aromatic heterocycles. The average molecular weight is 270 g/mol. The van der Waals surface area contributed by atoms with E-state index < -0.39 is 0 Å². The van der Waals surface area contributed by atoms with Gasteiger partial charge in [-0.05, 0) is 37.6 Å². The quantitative estimate of drug-likeness (QED) is 0.774. The van der Waals surface area contributed by atoms with Crippen LogP contribution in [0.25, 0.3) is 0 Å². The van der Waals surface area contributed by atoms with E-state index in [-0.39, 0.29) is 12.1 Å². The molecule has 0 amide bonds. The molecule has 0 bridgehead atoms. The van der Waals surface area contributed by atoms with Crippen LogP contribution in [0.15, 0.2) is 54.6 Å². The molecule has 0 aliphatic rings. The fourth-order valence-corrected chi connectivity index (χ4v) is 1.74. The lowest BCUT2D eigenvalue weighted by molar-refractivity contribution is 0.0377. The normalized spacial score (nSPS) is 10.3. The molecule has 0 atom stereocenters. The van der Waals surface area contributed by atoms with Crippen LogP contribution in [0, 0.1) is 0 Å². The molecule has 0 saturated carbocycles. The number of ether oxygens (including phenoxy) is 2. The van der Waals surface area contributed by atoms with Gasteiger partial charge in [0.2, 0.25) is 0 Å². The molecule has 0 radical (unpaired) electrons. The third-order valence-electron chi connectivity index (χ3n) is 2.66. The molecule has 2 aromatic carbocycles. The number of benzene rings is 2. The molecule has 104 valence electrons. The minimum Gasteiger partial charge on any atom is -0.489 e. The Hall–Kier alpha value is -2.29. The largest absolute Gasteiger partial charge is 0.489 e. The van der Waals surface area contributed by atoms with Gasteiger partial charge in [0.1, 0.15) is 12.4 Å². The van der Waals surface area contributed by atoms with E-state index in [4.69, 9.17) is 9.47 Å². The molecular weight excluding hydrogens is 252 g/mol. The molecule has 0 N–H and O–H groups in total. The Morgan fingerprint density at radius 2 is 1.80 bits per heavy atom. The number of esters is 1. The average Bonchev–Trinajstić information content (AvgIpc) is 2.46. The Balaban J connectivity index is 2.01. The SMILES string of the molecule is CC(C)OC(=O)c1cccc(OCc2ccccc2)c1. The van der Waals surface area contributed by atoms with E-state index in [9.17, 15) is 4.79 Å². The summed E-state index contributed by atoms with van der Waals surface area (Å²) in [5.74, 6) is 0.331. The highest BCUT2D eigenvalue weighted by molar-refractivity contribution is 5.89.